The number of aryl methyl sites for hydroxylation is 2. The molecule has 3 aromatic rings. The molecule has 31 heavy (non-hydrogen) atoms. The predicted octanol–water partition coefficient (Wildman–Crippen LogP) is 4.43. The largest absolute Gasteiger partial charge is 0.506 e. The summed E-state index contributed by atoms with van der Waals surface area (Å²) in [6.45, 7) is 3.88. The zero-order chi connectivity index (χ0) is 22.0. The van der Waals surface area contributed by atoms with Gasteiger partial charge in [0, 0.05) is 11.3 Å². The van der Waals surface area contributed by atoms with Gasteiger partial charge in [-0.15, -0.1) is 0 Å². The summed E-state index contributed by atoms with van der Waals surface area (Å²) in [5.74, 6) is -0.989. The quantitative estimate of drug-likeness (QED) is 0.337. The van der Waals surface area contributed by atoms with Crippen molar-refractivity contribution in [2.24, 2.45) is 5.10 Å². The molecule has 0 unspecified atom stereocenters. The van der Waals surface area contributed by atoms with E-state index >= 15 is 0 Å². The van der Waals surface area contributed by atoms with Gasteiger partial charge in [0.2, 0.25) is 5.78 Å². The normalized spacial score (nSPS) is 14.1. The summed E-state index contributed by atoms with van der Waals surface area (Å²) in [5.41, 5.74) is 7.16. The predicted molar refractivity (Wildman–Crippen MR) is 122 cm³/mol. The zero-order valence-electron chi connectivity index (χ0n) is 17.1. The van der Waals surface area contributed by atoms with Crippen LogP contribution in [-0.4, -0.2) is 22.5 Å². The molecule has 0 saturated heterocycles. The molecule has 1 aliphatic rings. The third-order valence-electron chi connectivity index (χ3n) is 5.04. The van der Waals surface area contributed by atoms with Crippen molar-refractivity contribution in [3.63, 3.8) is 0 Å². The lowest BCUT2D eigenvalue weighted by molar-refractivity contribution is -0.116. The first kappa shape index (κ1) is 20.1. The molecule has 154 valence electrons. The number of fused-ring (bicyclic) bond motifs is 1. The Morgan fingerprint density at radius 1 is 0.935 bits per heavy atom. The van der Waals surface area contributed by atoms with E-state index < -0.39 is 11.7 Å². The number of Topliss-reactive ketones (excluding diaryl/α,β-unsaturated/α-hetero) is 1. The fourth-order valence-electron chi connectivity index (χ4n) is 3.42. The first-order valence-electron chi connectivity index (χ1n) is 9.80. The van der Waals surface area contributed by atoms with Gasteiger partial charge >= 0.3 is 0 Å². The summed E-state index contributed by atoms with van der Waals surface area (Å²) in [5, 5.41) is 17.0. The van der Waals surface area contributed by atoms with Crippen molar-refractivity contribution in [3.05, 3.63) is 94.6 Å². The molecule has 0 aromatic heterocycles. The van der Waals surface area contributed by atoms with Crippen LogP contribution in [0.4, 0.5) is 11.4 Å². The van der Waals surface area contributed by atoms with Crippen molar-refractivity contribution in [1.29, 1.82) is 0 Å². The van der Waals surface area contributed by atoms with Crippen LogP contribution in [0.15, 0.2) is 77.4 Å². The lowest BCUT2D eigenvalue weighted by atomic mass is 9.89. The first-order valence-corrected chi connectivity index (χ1v) is 9.80. The van der Waals surface area contributed by atoms with Crippen LogP contribution in [0.3, 0.4) is 0 Å². The average Bonchev–Trinajstić information content (AvgIpc) is 2.75. The van der Waals surface area contributed by atoms with Gasteiger partial charge in [-0.2, -0.15) is 5.10 Å². The molecule has 0 saturated carbocycles. The Bertz CT molecular complexity index is 1260. The zero-order valence-corrected chi connectivity index (χ0v) is 17.1. The molecule has 0 spiro atoms. The van der Waals surface area contributed by atoms with E-state index in [4.69, 9.17) is 0 Å². The van der Waals surface area contributed by atoms with Crippen LogP contribution in [0.25, 0.3) is 6.08 Å². The number of phenolic OH excluding ortho intramolecular Hbond substituents is 1. The molecule has 3 N–H and O–H groups in total. The summed E-state index contributed by atoms with van der Waals surface area (Å²) in [4.78, 5) is 26.2. The highest BCUT2D eigenvalue weighted by molar-refractivity contribution is 6.59. The van der Waals surface area contributed by atoms with Gasteiger partial charge in [0.1, 0.15) is 11.5 Å². The van der Waals surface area contributed by atoms with Gasteiger partial charge in [0.05, 0.1) is 11.3 Å². The Labute approximate surface area is 179 Å². The van der Waals surface area contributed by atoms with Crippen LogP contribution in [-0.2, 0) is 9.59 Å². The number of para-hydroxylation sites is 2. The number of anilines is 2. The van der Waals surface area contributed by atoms with Crippen LogP contribution in [0.1, 0.15) is 22.3 Å². The number of carbonyl (C=O) groups excluding carboxylic acids is 2. The maximum absolute atomic E-state index is 13.2. The molecule has 3 aromatic carbocycles. The Morgan fingerprint density at radius 3 is 2.45 bits per heavy atom. The smallest absolute Gasteiger partial charge is 0.259 e. The highest BCUT2D eigenvalue weighted by Crippen LogP contribution is 2.26. The average molecular weight is 411 g/mol. The minimum absolute atomic E-state index is 0.00323. The SMILES string of the molecule is Cc1ccc(NC(=O)C2=Cc3ccccc3/C(=N/Nc3ccccc3O)C2=O)c(C)c1. The van der Waals surface area contributed by atoms with E-state index in [2.05, 4.69) is 15.8 Å². The number of nitrogens with zero attached hydrogens (tertiary/aromatic N) is 1. The molecule has 1 aliphatic carbocycles. The van der Waals surface area contributed by atoms with E-state index in [0.717, 1.165) is 11.1 Å². The second-order valence-electron chi connectivity index (χ2n) is 7.34. The Hall–Kier alpha value is -4.19. The maximum atomic E-state index is 13.2. The van der Waals surface area contributed by atoms with E-state index in [-0.39, 0.29) is 17.0 Å². The van der Waals surface area contributed by atoms with Crippen LogP contribution in [0, 0.1) is 13.8 Å². The third kappa shape index (κ3) is 4.09. The Morgan fingerprint density at radius 2 is 1.68 bits per heavy atom. The van der Waals surface area contributed by atoms with Gasteiger partial charge in [-0.1, -0.05) is 54.1 Å². The highest BCUT2D eigenvalue weighted by atomic mass is 16.3. The second-order valence-corrected chi connectivity index (χ2v) is 7.34. The van der Waals surface area contributed by atoms with E-state index in [1.165, 1.54) is 6.07 Å². The Kier molecular flexibility index (Phi) is 5.37. The van der Waals surface area contributed by atoms with Crippen molar-refractivity contribution in [2.45, 2.75) is 13.8 Å². The number of ketones is 1. The minimum atomic E-state index is -0.498. The minimum Gasteiger partial charge on any atom is -0.506 e. The van der Waals surface area contributed by atoms with Crippen LogP contribution in [0.5, 0.6) is 5.75 Å². The number of nitrogens with one attached hydrogen (secondary N) is 2. The van der Waals surface area contributed by atoms with Crippen molar-refractivity contribution < 1.29 is 14.7 Å². The van der Waals surface area contributed by atoms with Crippen molar-refractivity contribution >= 4 is 34.9 Å². The second kappa shape index (κ2) is 8.28. The number of hydrogen-bond acceptors (Lipinski definition) is 5. The van der Waals surface area contributed by atoms with Gasteiger partial charge in [0.25, 0.3) is 5.91 Å². The molecule has 0 atom stereocenters. The topological polar surface area (TPSA) is 90.8 Å². The van der Waals surface area contributed by atoms with Gasteiger partial charge in [-0.25, -0.2) is 0 Å². The number of carbonyl (C=O) groups is 2. The molecule has 0 radical (unpaired) electrons. The monoisotopic (exact) mass is 411 g/mol. The fraction of sp³-hybridized carbons (Fsp3) is 0.0800. The number of aromatic hydroxyl groups is 1. The molecular weight excluding hydrogens is 390 g/mol. The van der Waals surface area contributed by atoms with Gasteiger partial charge < -0.3 is 10.4 Å². The number of amides is 1. The van der Waals surface area contributed by atoms with E-state index in [1.54, 1.807) is 36.4 Å². The summed E-state index contributed by atoms with van der Waals surface area (Å²) in [6, 6.07) is 19.5. The molecule has 6 heteroatoms. The summed E-state index contributed by atoms with van der Waals surface area (Å²) >= 11 is 0. The molecule has 6 nitrogen and oxygen atoms in total. The molecule has 0 heterocycles. The van der Waals surface area contributed by atoms with E-state index in [1.807, 2.05) is 44.2 Å². The number of hydrazone groups is 1. The summed E-state index contributed by atoms with van der Waals surface area (Å²) in [7, 11) is 0. The number of phenols is 1. The van der Waals surface area contributed by atoms with Crippen LogP contribution in [0.2, 0.25) is 0 Å². The molecular formula is C25H21N3O3. The number of benzene rings is 3. The molecule has 0 aliphatic heterocycles. The maximum Gasteiger partial charge on any atom is 0.259 e. The molecule has 4 rings (SSSR count). The highest BCUT2D eigenvalue weighted by Gasteiger charge is 2.30. The standard InChI is InChI=1S/C25H21N3O3/c1-15-11-12-20(16(2)13-15)26-25(31)19-14-17-7-3-4-8-18(17)23(24(19)30)28-27-21-9-5-6-10-22(21)29/h3-14,27,29H,1-2H3,(H,26,31)/b28-23-. The first-order chi connectivity index (χ1) is 14.9. The van der Waals surface area contributed by atoms with Gasteiger partial charge in [-0.05, 0) is 49.2 Å². The summed E-state index contributed by atoms with van der Waals surface area (Å²) < 4.78 is 0. The molecule has 1 amide bonds. The number of rotatable bonds is 4. The lowest BCUT2D eigenvalue weighted by Crippen LogP contribution is -2.30. The van der Waals surface area contributed by atoms with E-state index in [9.17, 15) is 14.7 Å². The van der Waals surface area contributed by atoms with Crippen molar-refractivity contribution in [1.82, 2.24) is 0 Å². The molecule has 0 bridgehead atoms. The Balaban J connectivity index is 1.69. The van der Waals surface area contributed by atoms with Gasteiger partial charge in [0.15, 0.2) is 0 Å². The van der Waals surface area contributed by atoms with Crippen molar-refractivity contribution in [3.8, 4) is 5.75 Å². The third-order valence-corrected chi connectivity index (χ3v) is 5.04. The van der Waals surface area contributed by atoms with Gasteiger partial charge in [-0.3, -0.25) is 15.0 Å². The van der Waals surface area contributed by atoms with Crippen LogP contribution < -0.4 is 10.7 Å². The van der Waals surface area contributed by atoms with Crippen LogP contribution >= 0.6 is 0 Å². The number of hydrogen-bond donors (Lipinski definition) is 3. The fourth-order valence-corrected chi connectivity index (χ4v) is 3.42. The van der Waals surface area contributed by atoms with Crippen molar-refractivity contribution in [2.75, 3.05) is 10.7 Å². The molecule has 0 fully saturated rings. The van der Waals surface area contributed by atoms with E-state index in [0.29, 0.717) is 22.5 Å². The lowest BCUT2D eigenvalue weighted by Gasteiger charge is -2.18. The summed E-state index contributed by atoms with van der Waals surface area (Å²) in [6.07, 6.45) is 1.58.